The van der Waals surface area contributed by atoms with Crippen molar-refractivity contribution < 1.29 is 42.9 Å². The molecule has 0 unspecified atom stereocenters. The molecular weight excluding hydrogens is 472 g/mol. The van der Waals surface area contributed by atoms with Crippen molar-refractivity contribution in [3.05, 3.63) is 60.4 Å². The van der Waals surface area contributed by atoms with Crippen molar-refractivity contribution >= 4 is 35.9 Å². The van der Waals surface area contributed by atoms with Crippen LogP contribution in [-0.2, 0) is 38.2 Å². The largest absolute Gasteiger partial charge is 0.469 e. The predicted molar refractivity (Wildman–Crippen MR) is 127 cm³/mol. The van der Waals surface area contributed by atoms with E-state index < -0.39 is 36.0 Å². The van der Waals surface area contributed by atoms with Crippen molar-refractivity contribution in [2.45, 2.75) is 38.4 Å². The number of methoxy groups -OCH3 is 1. The molecule has 2 N–H and O–H groups in total. The number of carbonyl (C=O) groups is 5. The highest BCUT2D eigenvalue weighted by atomic mass is 16.6. The number of allylic oxidation sites excluding steroid dienone is 5. The Balaban J connectivity index is 2.05. The smallest absolute Gasteiger partial charge is 0.305 e. The SMILES string of the molecule is COC(=O)CCCNC(=O)[C@H](OC(C)=O)[C@@H](OC=O)C(=O)Nc1ccc(OC2=CC=CC=CC2)cc1. The van der Waals surface area contributed by atoms with Gasteiger partial charge in [0.2, 0.25) is 12.2 Å². The van der Waals surface area contributed by atoms with E-state index in [0.29, 0.717) is 17.9 Å². The van der Waals surface area contributed by atoms with Crippen molar-refractivity contribution in [3.63, 3.8) is 0 Å². The fraction of sp³-hybridized carbons (Fsp3) is 0.320. The second-order valence-electron chi connectivity index (χ2n) is 7.42. The molecule has 0 heterocycles. The molecule has 0 bridgehead atoms. The molecule has 0 radical (unpaired) electrons. The highest BCUT2D eigenvalue weighted by Gasteiger charge is 2.38. The molecule has 0 fully saturated rings. The number of anilines is 1. The third kappa shape index (κ3) is 9.45. The Hall–Kier alpha value is -4.41. The maximum absolute atomic E-state index is 12.8. The first-order valence-corrected chi connectivity index (χ1v) is 11.1. The number of nitrogens with one attached hydrogen (secondary N) is 2. The van der Waals surface area contributed by atoms with Gasteiger partial charge >= 0.3 is 11.9 Å². The monoisotopic (exact) mass is 500 g/mol. The van der Waals surface area contributed by atoms with E-state index >= 15 is 0 Å². The number of hydrogen-bond acceptors (Lipinski definition) is 9. The normalized spacial score (nSPS) is 13.8. The first kappa shape index (κ1) is 27.8. The second-order valence-corrected chi connectivity index (χ2v) is 7.42. The average molecular weight is 501 g/mol. The zero-order valence-electron chi connectivity index (χ0n) is 19.9. The van der Waals surface area contributed by atoms with Gasteiger partial charge in [-0.15, -0.1) is 0 Å². The lowest BCUT2D eigenvalue weighted by Crippen LogP contribution is -2.51. The summed E-state index contributed by atoms with van der Waals surface area (Å²) in [5.74, 6) is -1.82. The maximum Gasteiger partial charge on any atom is 0.305 e. The van der Waals surface area contributed by atoms with Crippen LogP contribution in [0.1, 0.15) is 26.2 Å². The molecule has 36 heavy (non-hydrogen) atoms. The molecule has 0 saturated heterocycles. The molecule has 2 rings (SSSR count). The van der Waals surface area contributed by atoms with Gasteiger partial charge in [0.05, 0.1) is 7.11 Å². The number of esters is 2. The fourth-order valence-electron chi connectivity index (χ4n) is 3.01. The van der Waals surface area contributed by atoms with Gasteiger partial charge in [-0.2, -0.15) is 0 Å². The summed E-state index contributed by atoms with van der Waals surface area (Å²) in [6.45, 7) is 1.05. The highest BCUT2D eigenvalue weighted by Crippen LogP contribution is 2.21. The van der Waals surface area contributed by atoms with Crippen LogP contribution in [0.5, 0.6) is 5.75 Å². The van der Waals surface area contributed by atoms with Gasteiger partial charge in [0, 0.05) is 32.0 Å². The first-order valence-electron chi connectivity index (χ1n) is 11.1. The molecule has 192 valence electrons. The first-order chi connectivity index (χ1) is 17.3. The van der Waals surface area contributed by atoms with Gasteiger partial charge in [-0.25, -0.2) is 0 Å². The molecule has 0 aliphatic heterocycles. The minimum Gasteiger partial charge on any atom is -0.469 e. The number of carbonyl (C=O) groups excluding carboxylic acids is 5. The minimum atomic E-state index is -1.77. The van der Waals surface area contributed by atoms with E-state index in [9.17, 15) is 24.0 Å². The Morgan fingerprint density at radius 2 is 1.78 bits per heavy atom. The summed E-state index contributed by atoms with van der Waals surface area (Å²) in [7, 11) is 1.24. The van der Waals surface area contributed by atoms with Crippen molar-refractivity contribution in [3.8, 4) is 5.75 Å². The molecule has 2 atom stereocenters. The molecule has 0 spiro atoms. The van der Waals surface area contributed by atoms with Crippen LogP contribution in [0.15, 0.2) is 60.4 Å². The highest BCUT2D eigenvalue weighted by molar-refractivity contribution is 5.99. The molecule has 11 nitrogen and oxygen atoms in total. The van der Waals surface area contributed by atoms with Gasteiger partial charge in [-0.05, 0) is 36.8 Å². The molecule has 1 aromatic carbocycles. The topological polar surface area (TPSA) is 146 Å². The maximum atomic E-state index is 12.8. The summed E-state index contributed by atoms with van der Waals surface area (Å²) in [4.78, 5) is 59.3. The third-order valence-corrected chi connectivity index (χ3v) is 4.70. The Morgan fingerprint density at radius 1 is 1.03 bits per heavy atom. The van der Waals surface area contributed by atoms with Gasteiger partial charge in [0.15, 0.2) is 0 Å². The summed E-state index contributed by atoms with van der Waals surface area (Å²) in [6, 6.07) is 6.37. The van der Waals surface area contributed by atoms with Gasteiger partial charge in [-0.3, -0.25) is 24.0 Å². The minimum absolute atomic E-state index is 0.0222. The van der Waals surface area contributed by atoms with Crippen LogP contribution in [0.4, 0.5) is 5.69 Å². The molecule has 2 amide bonds. The van der Waals surface area contributed by atoms with Gasteiger partial charge in [0.1, 0.15) is 11.5 Å². The summed E-state index contributed by atoms with van der Waals surface area (Å²) in [5.41, 5.74) is 0.321. The number of ether oxygens (including phenoxy) is 4. The summed E-state index contributed by atoms with van der Waals surface area (Å²) >= 11 is 0. The lowest BCUT2D eigenvalue weighted by atomic mass is 10.1. The van der Waals surface area contributed by atoms with E-state index in [1.54, 1.807) is 24.3 Å². The fourth-order valence-corrected chi connectivity index (χ4v) is 3.01. The molecular formula is C25H28N2O9. The van der Waals surface area contributed by atoms with Crippen LogP contribution < -0.4 is 15.4 Å². The van der Waals surface area contributed by atoms with E-state index in [2.05, 4.69) is 15.4 Å². The van der Waals surface area contributed by atoms with Crippen LogP contribution in [-0.4, -0.2) is 56.1 Å². The third-order valence-electron chi connectivity index (χ3n) is 4.70. The predicted octanol–water partition coefficient (Wildman–Crippen LogP) is 1.95. The number of amides is 2. The zero-order valence-corrected chi connectivity index (χ0v) is 19.9. The molecule has 0 saturated carbocycles. The zero-order chi connectivity index (χ0) is 26.3. The standard InChI is InChI=1S/C25H28N2O9/c1-17(29)35-23(24(31)26-15-7-10-21(30)33-2)22(34-16-28)25(32)27-18-11-13-20(14-12-18)36-19-8-5-3-4-6-9-19/h3-6,8,11-14,16,22-23H,7,9-10,15H2,1-2H3,(H,26,31)(H,27,32)/t22-,23-/m1/s1. The van der Waals surface area contributed by atoms with Gasteiger partial charge in [-0.1, -0.05) is 24.3 Å². The van der Waals surface area contributed by atoms with Crippen LogP contribution in [0.3, 0.4) is 0 Å². The van der Waals surface area contributed by atoms with E-state index in [-0.39, 0.29) is 25.9 Å². The summed E-state index contributed by atoms with van der Waals surface area (Å²) < 4.78 is 20.1. The quantitative estimate of drug-likeness (QED) is 0.180. The van der Waals surface area contributed by atoms with Crippen molar-refractivity contribution in [2.75, 3.05) is 19.0 Å². The molecule has 1 aliphatic rings. The van der Waals surface area contributed by atoms with Crippen molar-refractivity contribution in [1.82, 2.24) is 5.32 Å². The van der Waals surface area contributed by atoms with E-state index in [1.165, 1.54) is 7.11 Å². The lowest BCUT2D eigenvalue weighted by Gasteiger charge is -2.23. The van der Waals surface area contributed by atoms with Crippen LogP contribution >= 0.6 is 0 Å². The van der Waals surface area contributed by atoms with Gasteiger partial charge < -0.3 is 29.6 Å². The van der Waals surface area contributed by atoms with E-state index in [4.69, 9.17) is 14.2 Å². The summed E-state index contributed by atoms with van der Waals surface area (Å²) in [6.07, 6.45) is 6.84. The molecule has 11 heteroatoms. The molecule has 1 aromatic rings. The number of rotatable bonds is 13. The van der Waals surface area contributed by atoms with Crippen molar-refractivity contribution in [2.24, 2.45) is 0 Å². The van der Waals surface area contributed by atoms with Crippen molar-refractivity contribution in [1.29, 1.82) is 0 Å². The van der Waals surface area contributed by atoms with Gasteiger partial charge in [0.25, 0.3) is 18.3 Å². The molecule has 1 aliphatic carbocycles. The lowest BCUT2D eigenvalue weighted by molar-refractivity contribution is -0.169. The Labute approximate surface area is 208 Å². The summed E-state index contributed by atoms with van der Waals surface area (Å²) in [5, 5.41) is 4.96. The van der Waals surface area contributed by atoms with Crippen LogP contribution in [0.2, 0.25) is 0 Å². The van der Waals surface area contributed by atoms with E-state index in [0.717, 1.165) is 12.7 Å². The van der Waals surface area contributed by atoms with Crippen LogP contribution in [0.25, 0.3) is 0 Å². The Bertz CT molecular complexity index is 1030. The molecule has 0 aromatic heterocycles. The Kier molecular flexibility index (Phi) is 11.4. The number of benzene rings is 1. The average Bonchev–Trinajstić information content (AvgIpc) is 3.13. The van der Waals surface area contributed by atoms with E-state index in [1.807, 2.05) is 30.4 Å². The second kappa shape index (κ2) is 14.8. The number of hydrogen-bond donors (Lipinski definition) is 2. The Morgan fingerprint density at radius 3 is 2.44 bits per heavy atom. The van der Waals surface area contributed by atoms with Crippen LogP contribution in [0, 0.1) is 0 Å².